The van der Waals surface area contributed by atoms with Crippen LogP contribution in [0.15, 0.2) is 23.1 Å². The van der Waals surface area contributed by atoms with E-state index in [2.05, 4.69) is 15.4 Å². The monoisotopic (exact) mass is 351 g/mol. The molecule has 1 fully saturated rings. The summed E-state index contributed by atoms with van der Waals surface area (Å²) in [5.41, 5.74) is 0.693. The Bertz CT molecular complexity index is 770. The van der Waals surface area contributed by atoms with Gasteiger partial charge in [0, 0.05) is 6.04 Å². The zero-order chi connectivity index (χ0) is 17.3. The van der Waals surface area contributed by atoms with Crippen molar-refractivity contribution in [3.63, 3.8) is 0 Å². The quantitative estimate of drug-likeness (QED) is 0.723. The Hall–Kier alpha value is -1.93. The number of benzene rings is 1. The van der Waals surface area contributed by atoms with Crippen LogP contribution in [0.3, 0.4) is 0 Å². The van der Waals surface area contributed by atoms with Crippen LogP contribution in [0.1, 0.15) is 39.0 Å². The molecule has 130 valence electrons. The molecule has 0 aromatic heterocycles. The molecule has 1 aliphatic heterocycles. The van der Waals surface area contributed by atoms with Crippen LogP contribution in [0.2, 0.25) is 0 Å². The summed E-state index contributed by atoms with van der Waals surface area (Å²) in [5, 5.41) is 5.23. The van der Waals surface area contributed by atoms with Gasteiger partial charge in [0.2, 0.25) is 21.8 Å². The number of carbonyl (C=O) groups is 2. The molecule has 2 amide bonds. The van der Waals surface area contributed by atoms with Crippen molar-refractivity contribution < 1.29 is 18.0 Å². The van der Waals surface area contributed by atoms with Gasteiger partial charge in [-0.25, -0.2) is 13.1 Å². The molecule has 7 nitrogen and oxygen atoms in total. The topological polar surface area (TPSA) is 104 Å². The number of carbonyl (C=O) groups excluding carboxylic acids is 2. The fourth-order valence-corrected chi connectivity index (χ4v) is 4.34. The third-order valence-electron chi connectivity index (χ3n) is 4.53. The Labute approximate surface area is 141 Å². The Morgan fingerprint density at radius 3 is 2.29 bits per heavy atom. The first kappa shape index (κ1) is 16.9. The maximum Gasteiger partial charge on any atom is 0.240 e. The van der Waals surface area contributed by atoms with Crippen molar-refractivity contribution in [2.45, 2.75) is 50.0 Å². The molecular formula is C16H21N3O4S. The highest BCUT2D eigenvalue weighted by molar-refractivity contribution is 7.89. The van der Waals surface area contributed by atoms with E-state index in [0.717, 1.165) is 32.1 Å². The third-order valence-corrected chi connectivity index (χ3v) is 6.05. The van der Waals surface area contributed by atoms with Crippen molar-refractivity contribution in [1.29, 1.82) is 0 Å². The molecule has 24 heavy (non-hydrogen) atoms. The van der Waals surface area contributed by atoms with Gasteiger partial charge in [-0.15, -0.1) is 0 Å². The number of fused-ring (bicyclic) bond motifs is 1. The Balaban J connectivity index is 1.86. The molecule has 1 heterocycles. The Kier molecular flexibility index (Phi) is 4.60. The van der Waals surface area contributed by atoms with Gasteiger partial charge in [0.15, 0.2) is 0 Å². The minimum Gasteiger partial charge on any atom is -0.324 e. The molecule has 3 N–H and O–H groups in total. The fourth-order valence-electron chi connectivity index (χ4n) is 3.01. The zero-order valence-electron chi connectivity index (χ0n) is 13.5. The Morgan fingerprint density at radius 1 is 1.00 bits per heavy atom. The lowest BCUT2D eigenvalue weighted by Crippen LogP contribution is -2.36. The van der Waals surface area contributed by atoms with Crippen LogP contribution in [0.25, 0.3) is 0 Å². The normalized spacial score (nSPS) is 22.3. The van der Waals surface area contributed by atoms with Crippen LogP contribution in [0, 0.1) is 5.92 Å². The van der Waals surface area contributed by atoms with E-state index in [1.165, 1.54) is 25.1 Å². The maximum absolute atomic E-state index is 12.6. The van der Waals surface area contributed by atoms with Crippen LogP contribution >= 0.6 is 0 Å². The number of rotatable bonds is 3. The standard InChI is InChI=1S/C16H21N3O4S/c1-10-15(20)17-13-8-7-12(9-14(13)18-16(10)21)24(22,23)19-11-5-3-2-4-6-11/h7-11,19H,2-6H2,1H3,(H,17,20)(H,18,21). The summed E-state index contributed by atoms with van der Waals surface area (Å²) >= 11 is 0. The van der Waals surface area contributed by atoms with E-state index < -0.39 is 27.8 Å². The number of amides is 2. The molecule has 1 unspecified atom stereocenters. The average Bonchev–Trinajstić information content (AvgIpc) is 2.65. The molecule has 0 bridgehead atoms. The lowest BCUT2D eigenvalue weighted by atomic mass is 9.96. The van der Waals surface area contributed by atoms with Gasteiger partial charge in [-0.05, 0) is 38.0 Å². The highest BCUT2D eigenvalue weighted by atomic mass is 32.2. The third kappa shape index (κ3) is 3.44. The summed E-state index contributed by atoms with van der Waals surface area (Å²) in [6, 6.07) is 4.28. The molecule has 1 atom stereocenters. The van der Waals surface area contributed by atoms with Gasteiger partial charge in [0.1, 0.15) is 5.92 Å². The number of sulfonamides is 1. The molecule has 1 aliphatic carbocycles. The van der Waals surface area contributed by atoms with Gasteiger partial charge in [0.25, 0.3) is 0 Å². The van der Waals surface area contributed by atoms with E-state index in [4.69, 9.17) is 0 Å². The Morgan fingerprint density at radius 2 is 1.62 bits per heavy atom. The summed E-state index contributed by atoms with van der Waals surface area (Å²) in [6.07, 6.45) is 4.87. The lowest BCUT2D eigenvalue weighted by molar-refractivity contribution is -0.128. The van der Waals surface area contributed by atoms with Gasteiger partial charge >= 0.3 is 0 Å². The maximum atomic E-state index is 12.6. The summed E-state index contributed by atoms with van der Waals surface area (Å²) in [4.78, 5) is 23.8. The largest absolute Gasteiger partial charge is 0.324 e. The second-order valence-corrected chi connectivity index (χ2v) is 8.08. The molecule has 3 rings (SSSR count). The van der Waals surface area contributed by atoms with E-state index in [-0.39, 0.29) is 10.9 Å². The smallest absolute Gasteiger partial charge is 0.240 e. The van der Waals surface area contributed by atoms with Crippen LogP contribution in [-0.4, -0.2) is 26.3 Å². The summed E-state index contributed by atoms with van der Waals surface area (Å²) in [5.74, 6) is -1.71. The van der Waals surface area contributed by atoms with Crippen LogP contribution in [-0.2, 0) is 19.6 Å². The number of nitrogens with one attached hydrogen (secondary N) is 3. The van der Waals surface area contributed by atoms with Crippen molar-refractivity contribution in [1.82, 2.24) is 4.72 Å². The molecular weight excluding hydrogens is 330 g/mol. The van der Waals surface area contributed by atoms with E-state index >= 15 is 0 Å². The van der Waals surface area contributed by atoms with E-state index in [1.807, 2.05) is 0 Å². The number of hydrogen-bond acceptors (Lipinski definition) is 4. The van der Waals surface area contributed by atoms with E-state index in [0.29, 0.717) is 11.4 Å². The van der Waals surface area contributed by atoms with Crippen molar-refractivity contribution in [3.8, 4) is 0 Å². The highest BCUT2D eigenvalue weighted by Gasteiger charge is 2.28. The van der Waals surface area contributed by atoms with Crippen molar-refractivity contribution in [3.05, 3.63) is 18.2 Å². The van der Waals surface area contributed by atoms with Crippen molar-refractivity contribution in [2.75, 3.05) is 10.6 Å². The van der Waals surface area contributed by atoms with E-state index in [9.17, 15) is 18.0 Å². The molecule has 0 saturated heterocycles. The van der Waals surface area contributed by atoms with Crippen LogP contribution in [0.5, 0.6) is 0 Å². The first-order valence-corrected chi connectivity index (χ1v) is 9.63. The first-order chi connectivity index (χ1) is 11.4. The second kappa shape index (κ2) is 6.52. The minimum absolute atomic E-state index is 0.0446. The van der Waals surface area contributed by atoms with Gasteiger partial charge in [-0.1, -0.05) is 19.3 Å². The molecule has 0 spiro atoms. The van der Waals surface area contributed by atoms with Crippen molar-refractivity contribution in [2.24, 2.45) is 5.92 Å². The van der Waals surface area contributed by atoms with Gasteiger partial charge in [0.05, 0.1) is 16.3 Å². The number of hydrogen-bond donors (Lipinski definition) is 3. The molecule has 1 aromatic carbocycles. The van der Waals surface area contributed by atoms with E-state index in [1.54, 1.807) is 0 Å². The minimum atomic E-state index is -3.66. The summed E-state index contributed by atoms with van der Waals surface area (Å²) < 4.78 is 27.9. The molecule has 1 aromatic rings. The fraction of sp³-hybridized carbons (Fsp3) is 0.500. The molecule has 1 saturated carbocycles. The van der Waals surface area contributed by atoms with Crippen LogP contribution < -0.4 is 15.4 Å². The average molecular weight is 351 g/mol. The van der Waals surface area contributed by atoms with Gasteiger partial charge < -0.3 is 10.6 Å². The van der Waals surface area contributed by atoms with Gasteiger partial charge in [-0.3, -0.25) is 9.59 Å². The summed E-state index contributed by atoms with van der Waals surface area (Å²) in [7, 11) is -3.66. The second-order valence-electron chi connectivity index (χ2n) is 6.36. The molecule has 0 radical (unpaired) electrons. The molecule has 8 heteroatoms. The highest BCUT2D eigenvalue weighted by Crippen LogP contribution is 2.29. The summed E-state index contributed by atoms with van der Waals surface area (Å²) in [6.45, 7) is 1.50. The molecule has 2 aliphatic rings. The predicted molar refractivity (Wildman–Crippen MR) is 90.1 cm³/mol. The number of anilines is 2. The van der Waals surface area contributed by atoms with Crippen LogP contribution in [0.4, 0.5) is 11.4 Å². The predicted octanol–water partition coefficient (Wildman–Crippen LogP) is 1.82. The zero-order valence-corrected chi connectivity index (χ0v) is 14.3. The van der Waals surface area contributed by atoms with Crippen molar-refractivity contribution >= 4 is 33.2 Å². The first-order valence-electron chi connectivity index (χ1n) is 8.15. The van der Waals surface area contributed by atoms with Gasteiger partial charge in [-0.2, -0.15) is 0 Å². The lowest BCUT2D eigenvalue weighted by Gasteiger charge is -2.22. The SMILES string of the molecule is CC1C(=O)Nc2ccc(S(=O)(=O)NC3CCCCC3)cc2NC1=O.